The van der Waals surface area contributed by atoms with Crippen molar-refractivity contribution >= 4 is 34.6 Å². The first-order chi connectivity index (χ1) is 10.1. The highest BCUT2D eigenvalue weighted by Crippen LogP contribution is 2.29. The zero-order chi connectivity index (χ0) is 14.8. The standard InChI is InChI=1S/C16H12F2N2S.ClH/c1-10-2-5-12(6-3-10)19-16-20-15(9-21-16)13-7-4-11(17)8-14(13)18;/h2-9H,1H3,(H,19,20);1H. The van der Waals surface area contributed by atoms with Crippen LogP contribution in [0.5, 0.6) is 0 Å². The van der Waals surface area contributed by atoms with Gasteiger partial charge in [-0.1, -0.05) is 17.7 Å². The SMILES string of the molecule is Cc1ccc(Nc2nc(-c3ccc(F)cc3F)cs2)cc1.Cl. The minimum Gasteiger partial charge on any atom is -0.332 e. The third-order valence-electron chi connectivity index (χ3n) is 3.01. The number of benzene rings is 2. The zero-order valence-corrected chi connectivity index (χ0v) is 13.3. The number of nitrogens with zero attached hydrogens (tertiary/aromatic N) is 1. The molecule has 1 aromatic heterocycles. The number of anilines is 2. The van der Waals surface area contributed by atoms with E-state index in [4.69, 9.17) is 0 Å². The van der Waals surface area contributed by atoms with Gasteiger partial charge in [0, 0.05) is 22.7 Å². The molecule has 0 unspecified atom stereocenters. The Labute approximate surface area is 137 Å². The lowest BCUT2D eigenvalue weighted by molar-refractivity contribution is 0.585. The molecule has 0 radical (unpaired) electrons. The van der Waals surface area contributed by atoms with Gasteiger partial charge in [0.25, 0.3) is 0 Å². The highest BCUT2D eigenvalue weighted by molar-refractivity contribution is 7.14. The lowest BCUT2D eigenvalue weighted by Gasteiger charge is -2.02. The molecule has 0 bridgehead atoms. The number of rotatable bonds is 3. The number of aryl methyl sites for hydroxylation is 1. The van der Waals surface area contributed by atoms with Crippen LogP contribution in [0, 0.1) is 18.6 Å². The predicted molar refractivity (Wildman–Crippen MR) is 89.2 cm³/mol. The van der Waals surface area contributed by atoms with Crippen LogP contribution in [0.2, 0.25) is 0 Å². The Bertz CT molecular complexity index is 772. The summed E-state index contributed by atoms with van der Waals surface area (Å²) in [4.78, 5) is 4.33. The Morgan fingerprint density at radius 1 is 1.05 bits per heavy atom. The molecule has 22 heavy (non-hydrogen) atoms. The first-order valence-corrected chi connectivity index (χ1v) is 7.24. The summed E-state index contributed by atoms with van der Waals surface area (Å²) >= 11 is 1.37. The number of halogens is 3. The molecular formula is C16H13ClF2N2S. The molecule has 6 heteroatoms. The summed E-state index contributed by atoms with van der Waals surface area (Å²) in [6.45, 7) is 2.02. The van der Waals surface area contributed by atoms with Gasteiger partial charge >= 0.3 is 0 Å². The van der Waals surface area contributed by atoms with Gasteiger partial charge in [-0.2, -0.15) is 0 Å². The number of aromatic nitrogens is 1. The van der Waals surface area contributed by atoms with Gasteiger partial charge in [0.1, 0.15) is 11.6 Å². The van der Waals surface area contributed by atoms with Crippen molar-refractivity contribution in [1.82, 2.24) is 4.98 Å². The van der Waals surface area contributed by atoms with E-state index in [1.165, 1.54) is 29.0 Å². The molecule has 0 amide bonds. The maximum atomic E-state index is 13.7. The summed E-state index contributed by atoms with van der Waals surface area (Å²) in [6, 6.07) is 11.4. The van der Waals surface area contributed by atoms with Gasteiger partial charge in [-0.05, 0) is 31.2 Å². The third-order valence-corrected chi connectivity index (χ3v) is 3.77. The van der Waals surface area contributed by atoms with Crippen LogP contribution in [0.25, 0.3) is 11.3 Å². The highest BCUT2D eigenvalue weighted by atomic mass is 35.5. The molecule has 0 saturated heterocycles. The van der Waals surface area contributed by atoms with Crippen LogP contribution in [0.15, 0.2) is 47.8 Å². The van der Waals surface area contributed by atoms with Gasteiger partial charge in [-0.15, -0.1) is 23.7 Å². The van der Waals surface area contributed by atoms with Gasteiger partial charge in [0.05, 0.1) is 5.69 Å². The third kappa shape index (κ3) is 3.61. The molecule has 0 atom stereocenters. The number of hydrogen-bond acceptors (Lipinski definition) is 3. The lowest BCUT2D eigenvalue weighted by Crippen LogP contribution is -1.90. The van der Waals surface area contributed by atoms with E-state index in [0.717, 1.165) is 11.8 Å². The average Bonchev–Trinajstić information content (AvgIpc) is 2.90. The minimum absolute atomic E-state index is 0. The van der Waals surface area contributed by atoms with E-state index in [9.17, 15) is 8.78 Å². The largest absolute Gasteiger partial charge is 0.332 e. The lowest BCUT2D eigenvalue weighted by atomic mass is 10.1. The Morgan fingerprint density at radius 3 is 2.45 bits per heavy atom. The van der Waals surface area contributed by atoms with Gasteiger partial charge in [0.15, 0.2) is 5.13 Å². The Balaban J connectivity index is 0.00000176. The molecule has 0 aliphatic carbocycles. The van der Waals surface area contributed by atoms with Crippen molar-refractivity contribution in [3.05, 3.63) is 65.0 Å². The topological polar surface area (TPSA) is 24.9 Å². The van der Waals surface area contributed by atoms with Crippen molar-refractivity contribution in [2.75, 3.05) is 5.32 Å². The fourth-order valence-electron chi connectivity index (χ4n) is 1.91. The molecule has 2 aromatic carbocycles. The van der Waals surface area contributed by atoms with Crippen molar-refractivity contribution in [2.24, 2.45) is 0 Å². The van der Waals surface area contributed by atoms with Crippen molar-refractivity contribution < 1.29 is 8.78 Å². The molecule has 0 aliphatic heterocycles. The van der Waals surface area contributed by atoms with Gasteiger partial charge in [-0.25, -0.2) is 13.8 Å². The summed E-state index contributed by atoms with van der Waals surface area (Å²) in [5.41, 5.74) is 2.88. The molecule has 3 aromatic rings. The van der Waals surface area contributed by atoms with E-state index in [-0.39, 0.29) is 12.4 Å². The normalized spacial score (nSPS) is 10.1. The fraction of sp³-hybridized carbons (Fsp3) is 0.0625. The van der Waals surface area contributed by atoms with Crippen molar-refractivity contribution in [2.45, 2.75) is 6.92 Å². The van der Waals surface area contributed by atoms with Gasteiger partial charge in [-0.3, -0.25) is 0 Å². The van der Waals surface area contributed by atoms with E-state index >= 15 is 0 Å². The summed E-state index contributed by atoms with van der Waals surface area (Å²) in [7, 11) is 0. The maximum absolute atomic E-state index is 13.7. The highest BCUT2D eigenvalue weighted by Gasteiger charge is 2.10. The second-order valence-electron chi connectivity index (χ2n) is 4.65. The molecule has 1 N–H and O–H groups in total. The molecule has 0 saturated carbocycles. The van der Waals surface area contributed by atoms with Crippen LogP contribution in [-0.2, 0) is 0 Å². The summed E-state index contributed by atoms with van der Waals surface area (Å²) in [5.74, 6) is -1.20. The van der Waals surface area contributed by atoms with Crippen LogP contribution >= 0.6 is 23.7 Å². The van der Waals surface area contributed by atoms with Crippen LogP contribution in [0.1, 0.15) is 5.56 Å². The minimum atomic E-state index is -0.609. The number of thiazole rings is 1. The predicted octanol–water partition coefficient (Wildman–Crippen LogP) is 5.56. The molecule has 3 rings (SSSR count). The van der Waals surface area contributed by atoms with Crippen LogP contribution < -0.4 is 5.32 Å². The summed E-state index contributed by atoms with van der Waals surface area (Å²) in [5, 5.41) is 5.57. The smallest absolute Gasteiger partial charge is 0.187 e. The molecule has 1 heterocycles. The van der Waals surface area contributed by atoms with Gasteiger partial charge < -0.3 is 5.32 Å². The molecule has 0 fully saturated rings. The van der Waals surface area contributed by atoms with Crippen molar-refractivity contribution in [3.8, 4) is 11.3 Å². The Kier molecular flexibility index (Phi) is 5.11. The first kappa shape index (κ1) is 16.4. The Hall–Kier alpha value is -1.98. The van der Waals surface area contributed by atoms with Crippen LogP contribution in [0.4, 0.5) is 19.6 Å². The van der Waals surface area contributed by atoms with E-state index in [2.05, 4.69) is 10.3 Å². The molecule has 114 valence electrons. The molecule has 0 aliphatic rings. The van der Waals surface area contributed by atoms with E-state index in [1.807, 2.05) is 31.2 Å². The van der Waals surface area contributed by atoms with Gasteiger partial charge in [0.2, 0.25) is 0 Å². The molecular weight excluding hydrogens is 326 g/mol. The molecule has 0 spiro atoms. The quantitative estimate of drug-likeness (QED) is 0.676. The summed E-state index contributed by atoms with van der Waals surface area (Å²) in [6.07, 6.45) is 0. The average molecular weight is 339 g/mol. The second kappa shape index (κ2) is 6.85. The number of nitrogens with one attached hydrogen (secondary N) is 1. The second-order valence-corrected chi connectivity index (χ2v) is 5.51. The first-order valence-electron chi connectivity index (χ1n) is 6.36. The van der Waals surface area contributed by atoms with E-state index < -0.39 is 11.6 Å². The molecule has 2 nitrogen and oxygen atoms in total. The summed E-state index contributed by atoms with van der Waals surface area (Å²) < 4.78 is 26.6. The van der Waals surface area contributed by atoms with E-state index in [0.29, 0.717) is 16.4 Å². The Morgan fingerprint density at radius 2 is 1.77 bits per heavy atom. The number of hydrogen-bond donors (Lipinski definition) is 1. The zero-order valence-electron chi connectivity index (χ0n) is 11.6. The fourth-order valence-corrected chi connectivity index (χ4v) is 2.64. The van der Waals surface area contributed by atoms with E-state index in [1.54, 1.807) is 5.38 Å². The van der Waals surface area contributed by atoms with Crippen molar-refractivity contribution in [3.63, 3.8) is 0 Å². The maximum Gasteiger partial charge on any atom is 0.187 e. The van der Waals surface area contributed by atoms with Crippen molar-refractivity contribution in [1.29, 1.82) is 0 Å². The van der Waals surface area contributed by atoms with Crippen LogP contribution in [0.3, 0.4) is 0 Å². The monoisotopic (exact) mass is 338 g/mol. The van der Waals surface area contributed by atoms with Crippen LogP contribution in [-0.4, -0.2) is 4.98 Å².